The second-order valence-electron chi connectivity index (χ2n) is 7.53. The van der Waals surface area contributed by atoms with Crippen molar-refractivity contribution in [1.29, 1.82) is 0 Å². The van der Waals surface area contributed by atoms with E-state index >= 15 is 0 Å². The quantitative estimate of drug-likeness (QED) is 0.682. The van der Waals surface area contributed by atoms with Gasteiger partial charge >= 0.3 is 0 Å². The van der Waals surface area contributed by atoms with E-state index < -0.39 is 0 Å². The number of carbonyl (C=O) groups excluding carboxylic acids is 1. The average molecular weight is 381 g/mol. The summed E-state index contributed by atoms with van der Waals surface area (Å²) in [7, 11) is 4.13. The molecule has 0 saturated carbocycles. The van der Waals surface area contributed by atoms with Crippen molar-refractivity contribution in [2.45, 2.75) is 25.5 Å². The molecule has 1 fully saturated rings. The highest BCUT2D eigenvalue weighted by atomic mass is 16.5. The molecular formula is C21H27N5O2. The van der Waals surface area contributed by atoms with Gasteiger partial charge in [0.05, 0.1) is 11.6 Å². The summed E-state index contributed by atoms with van der Waals surface area (Å²) < 4.78 is 9.73. The van der Waals surface area contributed by atoms with Crippen LogP contribution in [0.15, 0.2) is 42.9 Å². The molecule has 0 aromatic carbocycles. The number of pyridine rings is 1. The van der Waals surface area contributed by atoms with Gasteiger partial charge in [-0.3, -0.25) is 9.20 Å². The van der Waals surface area contributed by atoms with E-state index in [-0.39, 0.29) is 12.0 Å². The van der Waals surface area contributed by atoms with Gasteiger partial charge in [0.2, 0.25) is 0 Å². The Morgan fingerprint density at radius 1 is 1.32 bits per heavy atom. The second-order valence-corrected chi connectivity index (χ2v) is 7.53. The number of likely N-dealkylation sites (N-methyl/N-ethyl adjacent to an activating group) is 1. The van der Waals surface area contributed by atoms with Gasteiger partial charge in [-0.05, 0) is 45.1 Å². The fraction of sp³-hybridized carbons (Fsp3) is 0.429. The van der Waals surface area contributed by atoms with Crippen LogP contribution in [0, 0.1) is 0 Å². The molecule has 148 valence electrons. The van der Waals surface area contributed by atoms with Gasteiger partial charge in [0.1, 0.15) is 5.82 Å². The summed E-state index contributed by atoms with van der Waals surface area (Å²) in [6, 6.07) is 7.86. The minimum Gasteiger partial charge on any atom is -0.376 e. The highest BCUT2D eigenvalue weighted by molar-refractivity contribution is 6.00. The standard InChI is InChI=1S/C21H27N5O2/c1-24(2)11-12-25-10-8-16(15-25)20-23-19(18-7-3-4-9-26(18)20)21(27)22-14-17-6-5-13-28-17/h3-4,7-10,15,17H,5-6,11-14H2,1-2H3,(H,22,27)/t17-/m1/s1. The van der Waals surface area contributed by atoms with E-state index in [9.17, 15) is 4.79 Å². The lowest BCUT2D eigenvalue weighted by atomic mass is 10.2. The maximum atomic E-state index is 12.8. The molecule has 7 nitrogen and oxygen atoms in total. The topological polar surface area (TPSA) is 63.8 Å². The number of fused-ring (bicyclic) bond motifs is 1. The predicted molar refractivity (Wildman–Crippen MR) is 108 cm³/mol. The summed E-state index contributed by atoms with van der Waals surface area (Å²) in [5.41, 5.74) is 2.26. The van der Waals surface area contributed by atoms with Crippen molar-refractivity contribution in [3.05, 3.63) is 48.5 Å². The number of imidazole rings is 1. The zero-order valence-electron chi connectivity index (χ0n) is 16.5. The van der Waals surface area contributed by atoms with Crippen molar-refractivity contribution in [2.24, 2.45) is 0 Å². The Morgan fingerprint density at radius 2 is 2.21 bits per heavy atom. The zero-order chi connectivity index (χ0) is 19.5. The molecule has 0 aliphatic carbocycles. The monoisotopic (exact) mass is 381 g/mol. The first-order chi connectivity index (χ1) is 13.6. The van der Waals surface area contributed by atoms with Gasteiger partial charge in [0, 0.05) is 50.4 Å². The number of amides is 1. The number of hydrogen-bond acceptors (Lipinski definition) is 4. The summed E-state index contributed by atoms with van der Waals surface area (Å²) >= 11 is 0. The molecule has 0 bridgehead atoms. The van der Waals surface area contributed by atoms with Crippen molar-refractivity contribution < 1.29 is 9.53 Å². The van der Waals surface area contributed by atoms with Gasteiger partial charge in [-0.2, -0.15) is 0 Å². The van der Waals surface area contributed by atoms with Gasteiger partial charge in [-0.1, -0.05) is 6.07 Å². The summed E-state index contributed by atoms with van der Waals surface area (Å²) in [4.78, 5) is 19.6. The van der Waals surface area contributed by atoms with Crippen LogP contribution < -0.4 is 5.32 Å². The third-order valence-electron chi connectivity index (χ3n) is 5.09. The number of aromatic nitrogens is 3. The Bertz CT molecular complexity index is 953. The minimum atomic E-state index is -0.155. The van der Waals surface area contributed by atoms with Crippen LogP contribution in [0.5, 0.6) is 0 Å². The highest BCUT2D eigenvalue weighted by Gasteiger charge is 2.21. The Kier molecular flexibility index (Phi) is 5.45. The molecule has 0 radical (unpaired) electrons. The fourth-order valence-electron chi connectivity index (χ4n) is 3.53. The van der Waals surface area contributed by atoms with Crippen LogP contribution in [0.1, 0.15) is 23.3 Å². The van der Waals surface area contributed by atoms with Crippen molar-refractivity contribution >= 4 is 11.4 Å². The smallest absolute Gasteiger partial charge is 0.272 e. The lowest BCUT2D eigenvalue weighted by Gasteiger charge is -2.09. The summed E-state index contributed by atoms with van der Waals surface area (Å²) in [6.45, 7) is 3.18. The van der Waals surface area contributed by atoms with Crippen molar-refractivity contribution in [3.63, 3.8) is 0 Å². The normalized spacial score (nSPS) is 16.9. The summed E-state index contributed by atoms with van der Waals surface area (Å²) in [5, 5.41) is 2.99. The molecule has 1 atom stereocenters. The first kappa shape index (κ1) is 18.7. The molecule has 1 amide bonds. The van der Waals surface area contributed by atoms with E-state index in [4.69, 9.17) is 9.72 Å². The molecule has 1 saturated heterocycles. The van der Waals surface area contributed by atoms with Crippen LogP contribution in [0.3, 0.4) is 0 Å². The molecule has 1 aliphatic rings. The third-order valence-corrected chi connectivity index (χ3v) is 5.09. The molecule has 0 unspecified atom stereocenters. The number of nitrogens with one attached hydrogen (secondary N) is 1. The van der Waals surface area contributed by atoms with Crippen molar-refractivity contribution in [1.82, 2.24) is 24.2 Å². The number of carbonyl (C=O) groups is 1. The molecule has 3 aromatic heterocycles. The molecule has 4 heterocycles. The Balaban J connectivity index is 1.58. The molecule has 4 rings (SSSR count). The lowest BCUT2D eigenvalue weighted by Crippen LogP contribution is -2.32. The second kappa shape index (κ2) is 8.16. The van der Waals surface area contributed by atoms with E-state index in [1.807, 2.05) is 34.9 Å². The first-order valence-electron chi connectivity index (χ1n) is 9.79. The van der Waals surface area contributed by atoms with Crippen LogP contribution in [-0.4, -0.2) is 64.7 Å². The van der Waals surface area contributed by atoms with Gasteiger partial charge in [-0.25, -0.2) is 4.98 Å². The molecule has 1 aliphatic heterocycles. The number of ether oxygens (including phenoxy) is 1. The molecular weight excluding hydrogens is 354 g/mol. The molecule has 0 spiro atoms. The number of nitrogens with zero attached hydrogens (tertiary/aromatic N) is 4. The van der Waals surface area contributed by atoms with E-state index in [2.05, 4.69) is 41.3 Å². The van der Waals surface area contributed by atoms with Crippen LogP contribution in [0.25, 0.3) is 16.9 Å². The van der Waals surface area contributed by atoms with Gasteiger partial charge < -0.3 is 19.5 Å². The van der Waals surface area contributed by atoms with E-state index in [0.29, 0.717) is 12.2 Å². The number of hydrogen-bond donors (Lipinski definition) is 1. The summed E-state index contributed by atoms with van der Waals surface area (Å²) in [6.07, 6.45) is 8.26. The van der Waals surface area contributed by atoms with Crippen molar-refractivity contribution in [2.75, 3.05) is 33.8 Å². The van der Waals surface area contributed by atoms with Crippen LogP contribution in [-0.2, 0) is 11.3 Å². The number of rotatable bonds is 7. The first-order valence-corrected chi connectivity index (χ1v) is 9.79. The molecule has 3 aromatic rings. The Morgan fingerprint density at radius 3 is 3.00 bits per heavy atom. The van der Waals surface area contributed by atoms with E-state index in [1.165, 1.54) is 0 Å². The zero-order valence-corrected chi connectivity index (χ0v) is 16.5. The minimum absolute atomic E-state index is 0.114. The van der Waals surface area contributed by atoms with Gasteiger partial charge in [0.15, 0.2) is 5.69 Å². The maximum Gasteiger partial charge on any atom is 0.272 e. The molecule has 28 heavy (non-hydrogen) atoms. The fourth-order valence-corrected chi connectivity index (χ4v) is 3.53. The summed E-state index contributed by atoms with van der Waals surface area (Å²) in [5.74, 6) is 0.624. The van der Waals surface area contributed by atoms with Crippen molar-refractivity contribution in [3.8, 4) is 11.4 Å². The molecule has 1 N–H and O–H groups in total. The predicted octanol–water partition coefficient (Wildman–Crippen LogP) is 2.27. The van der Waals surface area contributed by atoms with Gasteiger partial charge in [0.25, 0.3) is 5.91 Å². The highest BCUT2D eigenvalue weighted by Crippen LogP contribution is 2.23. The van der Waals surface area contributed by atoms with E-state index in [1.54, 1.807) is 0 Å². The van der Waals surface area contributed by atoms with Crippen LogP contribution in [0.2, 0.25) is 0 Å². The maximum absolute atomic E-state index is 12.8. The SMILES string of the molecule is CN(C)CCn1ccc(-c2nc(C(=O)NC[C@H]3CCCO3)c3ccccn23)c1. The third kappa shape index (κ3) is 3.95. The van der Waals surface area contributed by atoms with Gasteiger partial charge in [-0.15, -0.1) is 0 Å². The average Bonchev–Trinajstić information content (AvgIpc) is 3.43. The largest absolute Gasteiger partial charge is 0.376 e. The van der Waals surface area contributed by atoms with Crippen LogP contribution in [0.4, 0.5) is 0 Å². The Labute approximate surface area is 164 Å². The lowest BCUT2D eigenvalue weighted by molar-refractivity contribution is 0.0855. The Hall–Kier alpha value is -2.64. The molecule has 7 heteroatoms. The van der Waals surface area contributed by atoms with Crippen LogP contribution >= 0.6 is 0 Å². The van der Waals surface area contributed by atoms with E-state index in [0.717, 1.165) is 49.4 Å².